The number of rotatable bonds is 6. The van der Waals surface area contributed by atoms with Crippen LogP contribution in [0.3, 0.4) is 0 Å². The predicted octanol–water partition coefficient (Wildman–Crippen LogP) is 3.06. The van der Waals surface area contributed by atoms with Crippen molar-refractivity contribution in [1.29, 1.82) is 0 Å². The van der Waals surface area contributed by atoms with Gasteiger partial charge in [-0.05, 0) is 38.1 Å². The maximum atomic E-state index is 12.2. The molecule has 0 aliphatic rings. The van der Waals surface area contributed by atoms with Gasteiger partial charge in [0.25, 0.3) is 0 Å². The lowest BCUT2D eigenvalue weighted by Crippen LogP contribution is -2.16. The summed E-state index contributed by atoms with van der Waals surface area (Å²) in [6.07, 6.45) is -0.274. The summed E-state index contributed by atoms with van der Waals surface area (Å²) in [6, 6.07) is 14.4. The van der Waals surface area contributed by atoms with E-state index in [4.69, 9.17) is 9.47 Å². The Morgan fingerprint density at radius 3 is 2.26 bits per heavy atom. The van der Waals surface area contributed by atoms with Crippen molar-refractivity contribution in [2.24, 2.45) is 0 Å². The number of benzene rings is 2. The van der Waals surface area contributed by atoms with Crippen LogP contribution in [0.1, 0.15) is 24.2 Å². The lowest BCUT2D eigenvalue weighted by atomic mass is 10.2. The van der Waals surface area contributed by atoms with E-state index >= 15 is 0 Å². The lowest BCUT2D eigenvalue weighted by Gasteiger charge is -2.13. The van der Waals surface area contributed by atoms with E-state index < -0.39 is 21.7 Å². The second kappa shape index (κ2) is 7.28. The molecule has 23 heavy (non-hydrogen) atoms. The van der Waals surface area contributed by atoms with E-state index in [1.165, 1.54) is 24.3 Å². The van der Waals surface area contributed by atoms with Crippen LogP contribution in [0, 0.1) is 0 Å². The Morgan fingerprint density at radius 1 is 1.00 bits per heavy atom. The molecule has 6 heteroatoms. The highest BCUT2D eigenvalue weighted by Crippen LogP contribution is 2.21. The van der Waals surface area contributed by atoms with Gasteiger partial charge < -0.3 is 9.47 Å². The van der Waals surface area contributed by atoms with E-state index in [9.17, 15) is 13.2 Å². The van der Waals surface area contributed by atoms with Crippen LogP contribution >= 0.6 is 0 Å². The maximum absolute atomic E-state index is 12.2. The predicted molar refractivity (Wildman–Crippen MR) is 86.1 cm³/mol. The largest absolute Gasteiger partial charge is 0.476 e. The van der Waals surface area contributed by atoms with Crippen LogP contribution in [0.5, 0.6) is 5.75 Å². The van der Waals surface area contributed by atoms with Crippen LogP contribution in [0.4, 0.5) is 0 Å². The maximum Gasteiger partial charge on any atom is 0.342 e. The first-order valence-electron chi connectivity index (χ1n) is 7.11. The summed E-state index contributed by atoms with van der Waals surface area (Å²) in [7, 11) is -3.60. The number of esters is 1. The SMILES string of the molecule is CC(C)OC(=O)c1ccccc1OCS(=O)(=O)c1ccccc1. The molecule has 0 saturated carbocycles. The molecule has 0 fully saturated rings. The first-order valence-corrected chi connectivity index (χ1v) is 8.76. The molecule has 0 amide bonds. The van der Waals surface area contributed by atoms with Gasteiger partial charge in [-0.3, -0.25) is 0 Å². The second-order valence-electron chi connectivity index (χ2n) is 5.14. The molecule has 5 nitrogen and oxygen atoms in total. The topological polar surface area (TPSA) is 69.7 Å². The quantitative estimate of drug-likeness (QED) is 0.759. The molecule has 0 unspecified atom stereocenters. The number of ether oxygens (including phenoxy) is 2. The molecular formula is C17H18O5S. The zero-order chi connectivity index (χ0) is 16.9. The second-order valence-corrected chi connectivity index (χ2v) is 7.08. The molecule has 2 rings (SSSR count). The van der Waals surface area contributed by atoms with Gasteiger partial charge in [-0.15, -0.1) is 0 Å². The molecule has 2 aromatic rings. The number of sulfone groups is 1. The van der Waals surface area contributed by atoms with Crippen molar-refractivity contribution >= 4 is 15.8 Å². The van der Waals surface area contributed by atoms with Crippen LogP contribution in [0.15, 0.2) is 59.5 Å². The fourth-order valence-corrected chi connectivity index (χ4v) is 2.87. The first kappa shape index (κ1) is 17.0. The summed E-state index contributed by atoms with van der Waals surface area (Å²) in [4.78, 5) is 12.2. The number of para-hydroxylation sites is 1. The molecule has 122 valence electrons. The molecule has 0 aromatic heterocycles. The molecule has 0 atom stereocenters. The fourth-order valence-electron chi connectivity index (χ4n) is 1.88. The number of hydrogen-bond donors (Lipinski definition) is 0. The van der Waals surface area contributed by atoms with E-state index in [1.54, 1.807) is 44.2 Å². The molecule has 0 aliphatic carbocycles. The molecule has 0 spiro atoms. The van der Waals surface area contributed by atoms with E-state index in [0.717, 1.165) is 0 Å². The monoisotopic (exact) mass is 334 g/mol. The molecule has 0 N–H and O–H groups in total. The van der Waals surface area contributed by atoms with Gasteiger partial charge >= 0.3 is 5.97 Å². The zero-order valence-corrected chi connectivity index (χ0v) is 13.7. The molecule has 2 aromatic carbocycles. The summed E-state index contributed by atoms with van der Waals surface area (Å²) < 4.78 is 34.9. The third kappa shape index (κ3) is 4.56. The molecule has 0 bridgehead atoms. The average Bonchev–Trinajstić information content (AvgIpc) is 2.53. The normalized spacial score (nSPS) is 11.3. The van der Waals surface area contributed by atoms with Crippen molar-refractivity contribution in [1.82, 2.24) is 0 Å². The highest BCUT2D eigenvalue weighted by molar-refractivity contribution is 7.91. The van der Waals surface area contributed by atoms with Crippen molar-refractivity contribution < 1.29 is 22.7 Å². The Labute approximate surface area is 135 Å². The molecule has 0 aliphatic heterocycles. The third-order valence-electron chi connectivity index (χ3n) is 2.92. The Bertz CT molecular complexity index is 767. The van der Waals surface area contributed by atoms with E-state index in [-0.39, 0.29) is 22.3 Å². The summed E-state index contributed by atoms with van der Waals surface area (Å²) in [5.74, 6) is -0.923. The third-order valence-corrected chi connectivity index (χ3v) is 4.34. The van der Waals surface area contributed by atoms with E-state index in [0.29, 0.717) is 0 Å². The summed E-state index contributed by atoms with van der Waals surface area (Å²) in [6.45, 7) is 3.47. The number of hydrogen-bond acceptors (Lipinski definition) is 5. The summed E-state index contributed by atoms with van der Waals surface area (Å²) in [5.41, 5.74) is 0.199. The van der Waals surface area contributed by atoms with Crippen LogP contribution in [-0.2, 0) is 14.6 Å². The molecule has 0 radical (unpaired) electrons. The van der Waals surface area contributed by atoms with Gasteiger partial charge in [0, 0.05) is 0 Å². The number of carbonyl (C=O) groups is 1. The lowest BCUT2D eigenvalue weighted by molar-refractivity contribution is 0.0374. The van der Waals surface area contributed by atoms with Crippen molar-refractivity contribution in [2.75, 3.05) is 5.94 Å². The van der Waals surface area contributed by atoms with Crippen molar-refractivity contribution in [3.63, 3.8) is 0 Å². The summed E-state index contributed by atoms with van der Waals surface area (Å²) in [5, 5.41) is 0. The smallest absolute Gasteiger partial charge is 0.342 e. The Balaban J connectivity index is 2.17. The van der Waals surface area contributed by atoms with Gasteiger partial charge in [0.1, 0.15) is 11.3 Å². The van der Waals surface area contributed by atoms with Crippen LogP contribution in [0.2, 0.25) is 0 Å². The zero-order valence-electron chi connectivity index (χ0n) is 12.9. The first-order chi connectivity index (χ1) is 10.9. The minimum atomic E-state index is -3.60. The fraction of sp³-hybridized carbons (Fsp3) is 0.235. The van der Waals surface area contributed by atoms with Crippen LogP contribution < -0.4 is 4.74 Å². The number of carbonyl (C=O) groups excluding carboxylic acids is 1. The highest BCUT2D eigenvalue weighted by atomic mass is 32.2. The van der Waals surface area contributed by atoms with Crippen molar-refractivity contribution in [3.8, 4) is 5.75 Å². The van der Waals surface area contributed by atoms with Gasteiger partial charge in [-0.25, -0.2) is 13.2 Å². The Kier molecular flexibility index (Phi) is 5.39. The standard InChI is InChI=1S/C17H18O5S/c1-13(2)22-17(18)15-10-6-7-11-16(15)21-12-23(19,20)14-8-4-3-5-9-14/h3-11,13H,12H2,1-2H3. The van der Waals surface area contributed by atoms with Crippen molar-refractivity contribution in [3.05, 3.63) is 60.2 Å². The molecule has 0 saturated heterocycles. The van der Waals surface area contributed by atoms with Crippen molar-refractivity contribution in [2.45, 2.75) is 24.8 Å². The van der Waals surface area contributed by atoms with E-state index in [1.807, 2.05) is 0 Å². The minimum absolute atomic E-state index is 0.169. The Hall–Kier alpha value is -2.34. The van der Waals surface area contributed by atoms with Gasteiger partial charge in [0.05, 0.1) is 11.0 Å². The Morgan fingerprint density at radius 2 is 1.61 bits per heavy atom. The van der Waals surface area contributed by atoms with Gasteiger partial charge in [0.2, 0.25) is 9.84 Å². The van der Waals surface area contributed by atoms with Gasteiger partial charge in [-0.1, -0.05) is 30.3 Å². The van der Waals surface area contributed by atoms with Gasteiger partial charge in [-0.2, -0.15) is 0 Å². The highest BCUT2D eigenvalue weighted by Gasteiger charge is 2.19. The molecular weight excluding hydrogens is 316 g/mol. The van der Waals surface area contributed by atoms with Gasteiger partial charge in [0.15, 0.2) is 5.94 Å². The molecule has 0 heterocycles. The minimum Gasteiger partial charge on any atom is -0.476 e. The van der Waals surface area contributed by atoms with Crippen LogP contribution in [0.25, 0.3) is 0 Å². The summed E-state index contributed by atoms with van der Waals surface area (Å²) >= 11 is 0. The van der Waals surface area contributed by atoms with E-state index in [2.05, 4.69) is 0 Å². The van der Waals surface area contributed by atoms with Crippen LogP contribution in [-0.4, -0.2) is 26.4 Å². The average molecular weight is 334 g/mol.